The molecular formula is C20H20N2O4. The van der Waals surface area contributed by atoms with Gasteiger partial charge in [0.1, 0.15) is 17.0 Å². The van der Waals surface area contributed by atoms with Crippen molar-refractivity contribution in [2.75, 3.05) is 11.9 Å². The molecule has 0 aliphatic carbocycles. The predicted molar refractivity (Wildman–Crippen MR) is 99.4 cm³/mol. The number of anilines is 1. The summed E-state index contributed by atoms with van der Waals surface area (Å²) in [6, 6.07) is 14.6. The first-order chi connectivity index (χ1) is 12.5. The minimum atomic E-state index is -0.748. The lowest BCUT2D eigenvalue weighted by atomic mass is 10.0. The van der Waals surface area contributed by atoms with Gasteiger partial charge in [-0.25, -0.2) is 0 Å². The normalized spacial score (nSPS) is 10.9. The van der Waals surface area contributed by atoms with E-state index in [1.165, 1.54) is 5.56 Å². The number of amides is 2. The summed E-state index contributed by atoms with van der Waals surface area (Å²) >= 11 is 0. The van der Waals surface area contributed by atoms with Crippen molar-refractivity contribution in [1.82, 2.24) is 0 Å². The molecular weight excluding hydrogens is 332 g/mol. The Morgan fingerprint density at radius 2 is 1.81 bits per heavy atom. The highest BCUT2D eigenvalue weighted by atomic mass is 16.5. The zero-order valence-electron chi connectivity index (χ0n) is 14.6. The van der Waals surface area contributed by atoms with Crippen molar-refractivity contribution in [3.63, 3.8) is 0 Å². The number of hydrogen-bond acceptors (Lipinski definition) is 4. The van der Waals surface area contributed by atoms with E-state index in [2.05, 4.69) is 19.2 Å². The number of hydrogen-bond donors (Lipinski definition) is 2. The van der Waals surface area contributed by atoms with Crippen LogP contribution in [-0.4, -0.2) is 18.4 Å². The van der Waals surface area contributed by atoms with Gasteiger partial charge in [-0.2, -0.15) is 0 Å². The van der Waals surface area contributed by atoms with Gasteiger partial charge in [-0.15, -0.1) is 0 Å². The van der Waals surface area contributed by atoms with Crippen LogP contribution in [0, 0.1) is 0 Å². The smallest absolute Gasteiger partial charge is 0.286 e. The molecule has 6 nitrogen and oxygen atoms in total. The third-order valence-corrected chi connectivity index (χ3v) is 4.00. The van der Waals surface area contributed by atoms with Crippen LogP contribution in [0.4, 0.5) is 5.69 Å². The van der Waals surface area contributed by atoms with Crippen LogP contribution < -0.4 is 15.8 Å². The maximum atomic E-state index is 12.2. The van der Waals surface area contributed by atoms with E-state index in [0.717, 1.165) is 0 Å². The molecule has 0 fully saturated rings. The Labute approximate surface area is 150 Å². The van der Waals surface area contributed by atoms with Gasteiger partial charge in [-0.05, 0) is 35.7 Å². The zero-order valence-corrected chi connectivity index (χ0v) is 14.6. The predicted octanol–water partition coefficient (Wildman–Crippen LogP) is 3.67. The fourth-order valence-electron chi connectivity index (χ4n) is 2.62. The lowest BCUT2D eigenvalue weighted by Crippen LogP contribution is -2.22. The van der Waals surface area contributed by atoms with Gasteiger partial charge in [0.05, 0.1) is 0 Å². The topological polar surface area (TPSA) is 94.6 Å². The number of benzene rings is 2. The molecule has 0 unspecified atom stereocenters. The summed E-state index contributed by atoms with van der Waals surface area (Å²) < 4.78 is 10.9. The zero-order chi connectivity index (χ0) is 18.7. The van der Waals surface area contributed by atoms with Crippen LogP contribution in [0.2, 0.25) is 0 Å². The number of furan rings is 1. The molecule has 26 heavy (non-hydrogen) atoms. The maximum Gasteiger partial charge on any atom is 0.286 e. The van der Waals surface area contributed by atoms with Gasteiger partial charge in [-0.3, -0.25) is 9.59 Å². The van der Waals surface area contributed by atoms with Gasteiger partial charge < -0.3 is 20.2 Å². The van der Waals surface area contributed by atoms with Crippen LogP contribution in [0.3, 0.4) is 0 Å². The molecule has 3 aromatic rings. The van der Waals surface area contributed by atoms with Crippen LogP contribution in [0.1, 0.15) is 35.9 Å². The first kappa shape index (κ1) is 17.5. The van der Waals surface area contributed by atoms with E-state index in [1.54, 1.807) is 24.3 Å². The van der Waals surface area contributed by atoms with Crippen molar-refractivity contribution in [2.24, 2.45) is 5.73 Å². The van der Waals surface area contributed by atoms with E-state index in [4.69, 9.17) is 14.9 Å². The molecule has 6 heteroatoms. The van der Waals surface area contributed by atoms with Crippen molar-refractivity contribution >= 4 is 28.5 Å². The average Bonchev–Trinajstić information content (AvgIpc) is 2.99. The van der Waals surface area contributed by atoms with Crippen LogP contribution in [-0.2, 0) is 4.79 Å². The lowest BCUT2D eigenvalue weighted by molar-refractivity contribution is -0.118. The molecule has 2 amide bonds. The highest BCUT2D eigenvalue weighted by molar-refractivity contribution is 6.10. The molecule has 0 spiro atoms. The van der Waals surface area contributed by atoms with Crippen LogP contribution in [0.15, 0.2) is 52.9 Å². The highest BCUT2D eigenvalue weighted by Crippen LogP contribution is 2.30. The molecule has 0 radical (unpaired) electrons. The quantitative estimate of drug-likeness (QED) is 0.707. The summed E-state index contributed by atoms with van der Waals surface area (Å²) in [5.74, 6) is -0.222. The Hall–Kier alpha value is -3.28. The molecule has 1 heterocycles. The van der Waals surface area contributed by atoms with Gasteiger partial charge >= 0.3 is 0 Å². The number of rotatable bonds is 6. The molecule has 0 saturated carbocycles. The number of ether oxygens (including phenoxy) is 1. The number of para-hydroxylation sites is 1. The summed E-state index contributed by atoms with van der Waals surface area (Å²) in [7, 11) is 0. The SMILES string of the molecule is CC(C)c1ccc(OCC(=O)Nc2c(C(N)=O)oc3ccccc23)cc1. The second kappa shape index (κ2) is 7.31. The van der Waals surface area contributed by atoms with Gasteiger partial charge in [0.15, 0.2) is 6.61 Å². The first-order valence-electron chi connectivity index (χ1n) is 8.29. The van der Waals surface area contributed by atoms with E-state index in [9.17, 15) is 9.59 Å². The lowest BCUT2D eigenvalue weighted by Gasteiger charge is -2.09. The molecule has 2 aromatic carbocycles. The van der Waals surface area contributed by atoms with E-state index in [0.29, 0.717) is 22.6 Å². The number of primary amides is 1. The van der Waals surface area contributed by atoms with Crippen molar-refractivity contribution in [1.29, 1.82) is 0 Å². The largest absolute Gasteiger partial charge is 0.484 e. The van der Waals surface area contributed by atoms with Crippen LogP contribution in [0.25, 0.3) is 11.0 Å². The van der Waals surface area contributed by atoms with Gasteiger partial charge in [0.2, 0.25) is 5.76 Å². The first-order valence-corrected chi connectivity index (χ1v) is 8.29. The van der Waals surface area contributed by atoms with Gasteiger partial charge in [0.25, 0.3) is 11.8 Å². The Morgan fingerprint density at radius 3 is 2.46 bits per heavy atom. The highest BCUT2D eigenvalue weighted by Gasteiger charge is 2.20. The Morgan fingerprint density at radius 1 is 1.12 bits per heavy atom. The molecule has 1 aromatic heterocycles. The third-order valence-electron chi connectivity index (χ3n) is 4.00. The molecule has 3 N–H and O–H groups in total. The number of nitrogens with one attached hydrogen (secondary N) is 1. The summed E-state index contributed by atoms with van der Waals surface area (Å²) in [5.41, 5.74) is 7.27. The second-order valence-corrected chi connectivity index (χ2v) is 6.23. The maximum absolute atomic E-state index is 12.2. The van der Waals surface area contributed by atoms with Crippen molar-refractivity contribution in [3.05, 3.63) is 59.9 Å². The average molecular weight is 352 g/mol. The van der Waals surface area contributed by atoms with Gasteiger partial charge in [0, 0.05) is 5.39 Å². The van der Waals surface area contributed by atoms with Crippen molar-refractivity contribution < 1.29 is 18.7 Å². The fraction of sp³-hybridized carbons (Fsp3) is 0.200. The van der Waals surface area contributed by atoms with E-state index in [-0.39, 0.29) is 18.1 Å². The summed E-state index contributed by atoms with van der Waals surface area (Å²) in [4.78, 5) is 23.8. The standard InChI is InChI=1S/C20H20N2O4/c1-12(2)13-7-9-14(10-8-13)25-11-17(23)22-18-15-5-3-4-6-16(15)26-19(18)20(21)24/h3-10,12H,11H2,1-2H3,(H2,21,24)(H,22,23). The number of carbonyl (C=O) groups is 2. The van der Waals surface area contributed by atoms with Crippen LogP contribution in [0.5, 0.6) is 5.75 Å². The molecule has 0 saturated heterocycles. The van der Waals surface area contributed by atoms with E-state index >= 15 is 0 Å². The molecule has 0 atom stereocenters. The minimum Gasteiger partial charge on any atom is -0.484 e. The summed E-state index contributed by atoms with van der Waals surface area (Å²) in [6.45, 7) is 4.02. The number of carbonyl (C=O) groups excluding carboxylic acids is 2. The Balaban J connectivity index is 1.71. The summed E-state index contributed by atoms with van der Waals surface area (Å²) in [6.07, 6.45) is 0. The van der Waals surface area contributed by atoms with E-state index < -0.39 is 11.8 Å². The Kier molecular flexibility index (Phi) is 4.93. The molecule has 0 aliphatic heterocycles. The minimum absolute atomic E-state index is 0.0826. The van der Waals surface area contributed by atoms with Crippen molar-refractivity contribution in [3.8, 4) is 5.75 Å². The van der Waals surface area contributed by atoms with Crippen LogP contribution >= 0.6 is 0 Å². The van der Waals surface area contributed by atoms with Crippen molar-refractivity contribution in [2.45, 2.75) is 19.8 Å². The second-order valence-electron chi connectivity index (χ2n) is 6.23. The Bertz CT molecular complexity index is 942. The monoisotopic (exact) mass is 352 g/mol. The summed E-state index contributed by atoms with van der Waals surface area (Å²) in [5, 5.41) is 3.26. The fourth-order valence-corrected chi connectivity index (χ4v) is 2.62. The molecule has 3 rings (SSSR count). The number of fused-ring (bicyclic) bond motifs is 1. The number of nitrogens with two attached hydrogens (primary N) is 1. The van der Waals surface area contributed by atoms with Gasteiger partial charge in [-0.1, -0.05) is 38.1 Å². The van der Waals surface area contributed by atoms with E-state index in [1.807, 2.05) is 24.3 Å². The molecule has 0 aliphatic rings. The molecule has 0 bridgehead atoms. The third kappa shape index (κ3) is 3.69. The molecule has 134 valence electrons.